The molecule has 0 aliphatic carbocycles. The van der Waals surface area contributed by atoms with Gasteiger partial charge in [-0.25, -0.2) is 0 Å². The first kappa shape index (κ1) is 18.2. The smallest absolute Gasteiger partial charge is 0.481 e. The molecule has 1 N–H and O–H groups in total. The maximum atomic E-state index is 12.6. The van der Waals surface area contributed by atoms with Gasteiger partial charge >= 0.3 is 6.36 Å². The zero-order chi connectivity index (χ0) is 18.0. The van der Waals surface area contributed by atoms with Crippen LogP contribution in [0.3, 0.4) is 0 Å². The monoisotopic (exact) mass is 391 g/mol. The van der Waals surface area contributed by atoms with Gasteiger partial charge in [-0.2, -0.15) is 0 Å². The van der Waals surface area contributed by atoms with E-state index in [1.54, 1.807) is 24.3 Å². The minimum atomic E-state index is -4.80. The molecule has 0 aromatic heterocycles. The van der Waals surface area contributed by atoms with Crippen LogP contribution in [0.1, 0.15) is 11.7 Å². The second-order valence-electron chi connectivity index (χ2n) is 5.62. The van der Waals surface area contributed by atoms with Crippen molar-refractivity contribution in [2.75, 3.05) is 13.1 Å². The Morgan fingerprint density at radius 2 is 1.68 bits per heavy atom. The number of ether oxygens (including phenoxy) is 2. The first-order chi connectivity index (χ1) is 11.8. The number of nitrogens with one attached hydrogen (secondary N) is 1. The Labute approximate surface area is 152 Å². The molecule has 0 radical (unpaired) electrons. The van der Waals surface area contributed by atoms with Crippen LogP contribution in [0.2, 0.25) is 10.0 Å². The van der Waals surface area contributed by atoms with Crippen molar-refractivity contribution in [1.82, 2.24) is 5.32 Å². The van der Waals surface area contributed by atoms with Crippen molar-refractivity contribution in [3.05, 3.63) is 58.1 Å². The van der Waals surface area contributed by atoms with E-state index in [4.69, 9.17) is 27.9 Å². The molecule has 1 saturated heterocycles. The Kier molecular flexibility index (Phi) is 5.32. The van der Waals surface area contributed by atoms with Gasteiger partial charge in [-0.15, -0.1) is 13.2 Å². The predicted octanol–water partition coefficient (Wildman–Crippen LogP) is 5.23. The fraction of sp³-hybridized carbons (Fsp3) is 0.294. The zero-order valence-corrected chi connectivity index (χ0v) is 14.3. The topological polar surface area (TPSA) is 30.5 Å². The average molecular weight is 392 g/mol. The van der Waals surface area contributed by atoms with Gasteiger partial charge in [0.15, 0.2) is 11.5 Å². The van der Waals surface area contributed by atoms with Gasteiger partial charge in [-0.1, -0.05) is 41.4 Å². The molecular formula is C17H14Cl2F3NO2. The van der Waals surface area contributed by atoms with Crippen LogP contribution in [0.15, 0.2) is 42.5 Å². The molecule has 1 heterocycles. The van der Waals surface area contributed by atoms with E-state index in [2.05, 4.69) is 10.1 Å². The largest absolute Gasteiger partial charge is 0.573 e. The summed E-state index contributed by atoms with van der Waals surface area (Å²) in [6, 6.07) is 10.8. The van der Waals surface area contributed by atoms with Crippen LogP contribution in [0.5, 0.6) is 11.5 Å². The first-order valence-corrected chi connectivity index (χ1v) is 8.26. The normalized spacial score (nSPS) is 16.2. The van der Waals surface area contributed by atoms with E-state index >= 15 is 0 Å². The van der Waals surface area contributed by atoms with Crippen molar-refractivity contribution < 1.29 is 22.6 Å². The molecule has 3 rings (SSSR count). The molecule has 1 fully saturated rings. The summed E-state index contributed by atoms with van der Waals surface area (Å²) in [4.78, 5) is 0. The summed E-state index contributed by atoms with van der Waals surface area (Å²) in [6.07, 6.45) is -5.27. The number of halogens is 5. The fourth-order valence-electron chi connectivity index (χ4n) is 2.54. The van der Waals surface area contributed by atoms with Gasteiger partial charge in [0.1, 0.15) is 6.10 Å². The third kappa shape index (κ3) is 4.51. The Hall–Kier alpha value is -1.63. The van der Waals surface area contributed by atoms with Crippen molar-refractivity contribution in [2.45, 2.75) is 12.5 Å². The maximum Gasteiger partial charge on any atom is 0.573 e. The van der Waals surface area contributed by atoms with Gasteiger partial charge in [0.25, 0.3) is 0 Å². The van der Waals surface area contributed by atoms with Gasteiger partial charge < -0.3 is 14.8 Å². The molecule has 134 valence electrons. The van der Waals surface area contributed by atoms with Crippen molar-refractivity contribution in [3.63, 3.8) is 0 Å². The molecule has 8 heteroatoms. The highest BCUT2D eigenvalue weighted by Gasteiger charge is 2.34. The molecule has 0 bridgehead atoms. The van der Waals surface area contributed by atoms with Crippen LogP contribution in [0, 0.1) is 5.92 Å². The highest BCUT2D eigenvalue weighted by Crippen LogP contribution is 2.38. The molecule has 0 saturated carbocycles. The van der Waals surface area contributed by atoms with Crippen LogP contribution in [-0.4, -0.2) is 19.5 Å². The van der Waals surface area contributed by atoms with Gasteiger partial charge in [-0.05, 0) is 29.8 Å². The molecule has 0 spiro atoms. The second-order valence-corrected chi connectivity index (χ2v) is 6.44. The molecule has 25 heavy (non-hydrogen) atoms. The Bertz CT molecular complexity index is 751. The van der Waals surface area contributed by atoms with E-state index in [-0.39, 0.29) is 17.4 Å². The highest BCUT2D eigenvalue weighted by atomic mass is 35.5. The SMILES string of the molecule is FC(F)(F)Oc1ccccc1O[C@H](c1ccc(Cl)c(Cl)c1)C1CNC1. The molecule has 3 nitrogen and oxygen atoms in total. The van der Waals surface area contributed by atoms with Crippen molar-refractivity contribution in [3.8, 4) is 11.5 Å². The summed E-state index contributed by atoms with van der Waals surface area (Å²) < 4.78 is 47.8. The lowest BCUT2D eigenvalue weighted by Crippen LogP contribution is -2.46. The van der Waals surface area contributed by atoms with Gasteiger partial charge in [-0.3, -0.25) is 0 Å². The number of hydrogen-bond acceptors (Lipinski definition) is 3. The minimum Gasteiger partial charge on any atom is -0.481 e. The molecular weight excluding hydrogens is 378 g/mol. The second kappa shape index (κ2) is 7.32. The standard InChI is InChI=1S/C17H14Cl2F3NO2/c18-12-6-5-10(7-13(12)19)16(11-8-23-9-11)24-14-3-1-2-4-15(14)25-17(20,21)22/h1-7,11,16,23H,8-9H2/t16-/m1/s1. The summed E-state index contributed by atoms with van der Waals surface area (Å²) in [6.45, 7) is 1.38. The predicted molar refractivity (Wildman–Crippen MR) is 89.3 cm³/mol. The van der Waals surface area contributed by atoms with E-state index in [0.717, 1.165) is 5.56 Å². The lowest BCUT2D eigenvalue weighted by molar-refractivity contribution is -0.275. The summed E-state index contributed by atoms with van der Waals surface area (Å²) in [5, 5.41) is 3.89. The Morgan fingerprint density at radius 1 is 1.00 bits per heavy atom. The number of benzene rings is 2. The third-order valence-electron chi connectivity index (χ3n) is 3.84. The van der Waals surface area contributed by atoms with E-state index in [1.807, 2.05) is 0 Å². The quantitative estimate of drug-likeness (QED) is 0.756. The maximum absolute atomic E-state index is 12.6. The first-order valence-electron chi connectivity index (χ1n) is 7.50. The van der Waals surface area contributed by atoms with Gasteiger partial charge in [0, 0.05) is 19.0 Å². The molecule has 1 aliphatic rings. The summed E-state index contributed by atoms with van der Waals surface area (Å²) in [7, 11) is 0. The summed E-state index contributed by atoms with van der Waals surface area (Å²) in [5.74, 6) is -0.272. The van der Waals surface area contributed by atoms with Gasteiger partial charge in [0.05, 0.1) is 10.0 Å². The van der Waals surface area contributed by atoms with Crippen LogP contribution in [0.4, 0.5) is 13.2 Å². The minimum absolute atomic E-state index is 0.0165. The van der Waals surface area contributed by atoms with Gasteiger partial charge in [0.2, 0.25) is 0 Å². The number of rotatable bonds is 5. The van der Waals surface area contributed by atoms with Crippen LogP contribution < -0.4 is 14.8 Å². The highest BCUT2D eigenvalue weighted by molar-refractivity contribution is 6.42. The number of alkyl halides is 3. The van der Waals surface area contributed by atoms with Crippen LogP contribution in [-0.2, 0) is 0 Å². The van der Waals surface area contributed by atoms with Crippen molar-refractivity contribution in [1.29, 1.82) is 0 Å². The van der Waals surface area contributed by atoms with Crippen LogP contribution >= 0.6 is 23.2 Å². The van der Waals surface area contributed by atoms with Crippen molar-refractivity contribution in [2.24, 2.45) is 5.92 Å². The molecule has 0 amide bonds. The summed E-state index contributed by atoms with van der Waals surface area (Å²) in [5.41, 5.74) is 0.739. The molecule has 2 aromatic carbocycles. The van der Waals surface area contributed by atoms with Crippen molar-refractivity contribution >= 4 is 23.2 Å². The number of hydrogen-bond donors (Lipinski definition) is 1. The molecule has 2 aromatic rings. The Balaban J connectivity index is 1.90. The van der Waals surface area contributed by atoms with E-state index in [1.165, 1.54) is 18.2 Å². The van der Waals surface area contributed by atoms with E-state index < -0.39 is 12.5 Å². The molecule has 1 aliphatic heterocycles. The summed E-state index contributed by atoms with van der Waals surface area (Å²) >= 11 is 12.0. The lowest BCUT2D eigenvalue weighted by Gasteiger charge is -2.35. The Morgan fingerprint density at radius 3 is 2.24 bits per heavy atom. The average Bonchev–Trinajstić information content (AvgIpc) is 2.48. The van der Waals surface area contributed by atoms with Crippen LogP contribution in [0.25, 0.3) is 0 Å². The van der Waals surface area contributed by atoms with E-state index in [9.17, 15) is 13.2 Å². The third-order valence-corrected chi connectivity index (χ3v) is 4.58. The van der Waals surface area contributed by atoms with E-state index in [0.29, 0.717) is 23.1 Å². The lowest BCUT2D eigenvalue weighted by atomic mass is 9.91. The zero-order valence-electron chi connectivity index (χ0n) is 12.8. The molecule has 0 unspecified atom stereocenters. The fourth-order valence-corrected chi connectivity index (χ4v) is 2.85. The number of para-hydroxylation sites is 2. The molecule has 1 atom stereocenters.